The Morgan fingerprint density at radius 3 is 2.56 bits per heavy atom. The van der Waals surface area contributed by atoms with Gasteiger partial charge in [0.15, 0.2) is 17.3 Å². The summed E-state index contributed by atoms with van der Waals surface area (Å²) in [5.74, 6) is 1.37. The van der Waals surface area contributed by atoms with Gasteiger partial charge in [-0.2, -0.15) is 0 Å². The van der Waals surface area contributed by atoms with Gasteiger partial charge in [-0.3, -0.25) is 4.79 Å². The van der Waals surface area contributed by atoms with Gasteiger partial charge in [0.1, 0.15) is 0 Å². The Balaban J connectivity index is 2.43. The quantitative estimate of drug-likeness (QED) is 0.767. The number of benzene rings is 1. The number of hydrogen-bond donors (Lipinski definition) is 0. The van der Waals surface area contributed by atoms with Crippen molar-refractivity contribution in [3.63, 3.8) is 0 Å². The number of hydrogen-bond acceptors (Lipinski definition) is 3. The Morgan fingerprint density at radius 1 is 1.22 bits per heavy atom. The highest BCUT2D eigenvalue weighted by Gasteiger charge is 2.21. The summed E-state index contributed by atoms with van der Waals surface area (Å²) in [6.07, 6.45) is 3.36. The van der Waals surface area contributed by atoms with Gasteiger partial charge in [-0.1, -0.05) is 18.7 Å². The van der Waals surface area contributed by atoms with Gasteiger partial charge in [0.05, 0.1) is 14.2 Å². The van der Waals surface area contributed by atoms with E-state index in [0.29, 0.717) is 17.1 Å². The number of rotatable bonds is 3. The zero-order chi connectivity index (χ0) is 13.1. The van der Waals surface area contributed by atoms with Crippen LogP contribution in [0.4, 0.5) is 0 Å². The molecule has 3 nitrogen and oxygen atoms in total. The molecule has 1 aromatic carbocycles. The lowest BCUT2D eigenvalue weighted by Crippen LogP contribution is -1.96. The summed E-state index contributed by atoms with van der Waals surface area (Å²) in [7, 11) is 3.19. The second-order valence-corrected chi connectivity index (χ2v) is 4.19. The molecule has 0 bridgehead atoms. The van der Waals surface area contributed by atoms with E-state index in [1.54, 1.807) is 14.2 Å². The first kappa shape index (κ1) is 12.4. The van der Waals surface area contributed by atoms with E-state index in [4.69, 9.17) is 9.47 Å². The maximum Gasteiger partial charge on any atom is 0.184 e. The molecule has 0 radical (unpaired) electrons. The van der Waals surface area contributed by atoms with Crippen LogP contribution in [-0.2, 0) is 4.79 Å². The largest absolute Gasteiger partial charge is 0.493 e. The Hall–Kier alpha value is -2.03. The average Bonchev–Trinajstić information content (AvgIpc) is 2.70. The van der Waals surface area contributed by atoms with Crippen molar-refractivity contribution >= 4 is 11.9 Å². The van der Waals surface area contributed by atoms with Crippen molar-refractivity contribution in [2.75, 3.05) is 14.2 Å². The summed E-state index contributed by atoms with van der Waals surface area (Å²) in [6, 6.07) is 5.61. The number of Topliss-reactive ketones (excluding diaryl/α,β-unsaturated/α-hetero) is 1. The molecule has 0 aliphatic heterocycles. The normalized spacial score (nSPS) is 17.3. The first-order valence-corrected chi connectivity index (χ1v) is 5.81. The SMILES string of the molecule is C=C1CCC(=Cc2cccc(OC)c2OC)C1=O. The fraction of sp³-hybridized carbons (Fsp3) is 0.267. The topological polar surface area (TPSA) is 35.5 Å². The van der Waals surface area contributed by atoms with Crippen molar-refractivity contribution in [1.82, 2.24) is 0 Å². The number of methoxy groups -OCH3 is 2. The van der Waals surface area contributed by atoms with Crippen LogP contribution < -0.4 is 9.47 Å². The molecule has 1 aliphatic rings. The summed E-state index contributed by atoms with van der Waals surface area (Å²) < 4.78 is 10.6. The molecule has 94 valence electrons. The highest BCUT2D eigenvalue weighted by molar-refractivity contribution is 6.13. The van der Waals surface area contributed by atoms with E-state index in [1.807, 2.05) is 24.3 Å². The average molecular weight is 244 g/mol. The van der Waals surface area contributed by atoms with Gasteiger partial charge in [0.25, 0.3) is 0 Å². The van der Waals surface area contributed by atoms with Gasteiger partial charge in [-0.15, -0.1) is 0 Å². The van der Waals surface area contributed by atoms with Gasteiger partial charge >= 0.3 is 0 Å². The zero-order valence-electron chi connectivity index (χ0n) is 10.7. The predicted molar refractivity (Wildman–Crippen MR) is 70.9 cm³/mol. The Morgan fingerprint density at radius 2 is 2.00 bits per heavy atom. The summed E-state index contributed by atoms with van der Waals surface area (Å²) in [5, 5.41) is 0. The van der Waals surface area contributed by atoms with Crippen molar-refractivity contribution in [2.24, 2.45) is 0 Å². The van der Waals surface area contributed by atoms with Crippen molar-refractivity contribution in [3.05, 3.63) is 41.5 Å². The molecule has 1 aliphatic carbocycles. The van der Waals surface area contributed by atoms with Crippen LogP contribution in [0.2, 0.25) is 0 Å². The Bertz CT molecular complexity index is 527. The molecule has 1 saturated carbocycles. The zero-order valence-corrected chi connectivity index (χ0v) is 10.7. The van der Waals surface area contributed by atoms with Crippen LogP contribution in [0, 0.1) is 0 Å². The smallest absolute Gasteiger partial charge is 0.184 e. The van der Waals surface area contributed by atoms with Crippen LogP contribution >= 0.6 is 0 Å². The maximum absolute atomic E-state index is 11.8. The van der Waals surface area contributed by atoms with E-state index in [1.165, 1.54) is 0 Å². The van der Waals surface area contributed by atoms with E-state index in [-0.39, 0.29) is 5.78 Å². The molecule has 0 unspecified atom stereocenters. The highest BCUT2D eigenvalue weighted by atomic mass is 16.5. The molecule has 0 N–H and O–H groups in total. The number of allylic oxidation sites excluding steroid dienone is 2. The first-order valence-electron chi connectivity index (χ1n) is 5.81. The Labute approximate surface area is 107 Å². The molecular weight excluding hydrogens is 228 g/mol. The molecule has 18 heavy (non-hydrogen) atoms. The molecule has 0 amide bonds. The number of ketones is 1. The first-order chi connectivity index (χ1) is 8.67. The van der Waals surface area contributed by atoms with Crippen LogP contribution in [0.15, 0.2) is 35.9 Å². The second-order valence-electron chi connectivity index (χ2n) is 4.19. The molecule has 3 heteroatoms. The molecule has 0 saturated heterocycles. The summed E-state index contributed by atoms with van der Waals surface area (Å²) in [6.45, 7) is 3.76. The summed E-state index contributed by atoms with van der Waals surface area (Å²) >= 11 is 0. The molecule has 0 heterocycles. The molecule has 0 spiro atoms. The third-order valence-corrected chi connectivity index (χ3v) is 3.07. The monoisotopic (exact) mass is 244 g/mol. The third kappa shape index (κ3) is 2.16. The van der Waals surface area contributed by atoms with Gasteiger partial charge in [0.2, 0.25) is 0 Å². The van der Waals surface area contributed by atoms with E-state index in [0.717, 1.165) is 24.0 Å². The third-order valence-electron chi connectivity index (χ3n) is 3.07. The summed E-state index contributed by atoms with van der Waals surface area (Å²) in [4.78, 5) is 11.8. The lowest BCUT2D eigenvalue weighted by atomic mass is 10.1. The van der Waals surface area contributed by atoms with E-state index >= 15 is 0 Å². The number of para-hydroxylation sites is 1. The standard InChI is InChI=1S/C15H16O3/c1-10-7-8-11(14(10)16)9-12-5-4-6-13(17-2)15(12)18-3/h4-6,9H,1,7-8H2,2-3H3. The predicted octanol–water partition coefficient (Wildman–Crippen LogP) is 3.01. The van der Waals surface area contributed by atoms with Gasteiger partial charge < -0.3 is 9.47 Å². The van der Waals surface area contributed by atoms with E-state index < -0.39 is 0 Å². The fourth-order valence-corrected chi connectivity index (χ4v) is 2.09. The van der Waals surface area contributed by atoms with Crippen molar-refractivity contribution in [2.45, 2.75) is 12.8 Å². The molecule has 0 atom stereocenters. The van der Waals surface area contributed by atoms with E-state index in [9.17, 15) is 4.79 Å². The molecule has 1 aromatic rings. The van der Waals surface area contributed by atoms with Crippen molar-refractivity contribution in [3.8, 4) is 11.5 Å². The molecule has 2 rings (SSSR count). The minimum atomic E-state index is 0.0554. The van der Waals surface area contributed by atoms with Gasteiger partial charge in [0, 0.05) is 11.1 Å². The van der Waals surface area contributed by atoms with Crippen molar-refractivity contribution in [1.29, 1.82) is 0 Å². The molecule has 0 aromatic heterocycles. The highest BCUT2D eigenvalue weighted by Crippen LogP contribution is 2.34. The number of ether oxygens (including phenoxy) is 2. The molecular formula is C15H16O3. The van der Waals surface area contributed by atoms with Crippen LogP contribution in [0.5, 0.6) is 11.5 Å². The van der Waals surface area contributed by atoms with E-state index in [2.05, 4.69) is 6.58 Å². The van der Waals surface area contributed by atoms with Gasteiger partial charge in [-0.05, 0) is 30.6 Å². The molecule has 1 fully saturated rings. The van der Waals surface area contributed by atoms with Crippen molar-refractivity contribution < 1.29 is 14.3 Å². The minimum absolute atomic E-state index is 0.0554. The van der Waals surface area contributed by atoms with Crippen LogP contribution in [0.25, 0.3) is 6.08 Å². The fourth-order valence-electron chi connectivity index (χ4n) is 2.09. The number of carbonyl (C=O) groups excluding carboxylic acids is 1. The second kappa shape index (κ2) is 5.08. The minimum Gasteiger partial charge on any atom is -0.493 e. The number of carbonyl (C=O) groups is 1. The van der Waals surface area contributed by atoms with Gasteiger partial charge in [-0.25, -0.2) is 0 Å². The maximum atomic E-state index is 11.8. The van der Waals surface area contributed by atoms with Crippen LogP contribution in [-0.4, -0.2) is 20.0 Å². The summed E-state index contributed by atoms with van der Waals surface area (Å²) in [5.41, 5.74) is 2.32. The lowest BCUT2D eigenvalue weighted by molar-refractivity contribution is -0.111. The van der Waals surface area contributed by atoms with Crippen LogP contribution in [0.1, 0.15) is 18.4 Å². The Kier molecular flexibility index (Phi) is 3.51. The van der Waals surface area contributed by atoms with Crippen LogP contribution in [0.3, 0.4) is 0 Å². The lowest BCUT2D eigenvalue weighted by Gasteiger charge is -2.10.